The predicted octanol–water partition coefficient (Wildman–Crippen LogP) is 2.41. The van der Waals surface area contributed by atoms with Gasteiger partial charge in [-0.05, 0) is 41.0 Å². The Morgan fingerprint density at radius 1 is 1.08 bits per heavy atom. The Morgan fingerprint density at radius 2 is 1.58 bits per heavy atom. The van der Waals surface area contributed by atoms with Crippen molar-refractivity contribution in [2.75, 3.05) is 0 Å². The fourth-order valence-electron chi connectivity index (χ4n) is 1.28. The van der Waals surface area contributed by atoms with Gasteiger partial charge < -0.3 is 0 Å². The maximum Gasteiger partial charge on any atom is 0.0215 e. The molecule has 0 fully saturated rings. The van der Waals surface area contributed by atoms with E-state index in [2.05, 4.69) is 52.0 Å². The first-order valence-electron chi connectivity index (χ1n) is 5.03. The summed E-state index contributed by atoms with van der Waals surface area (Å²) in [5, 5.41) is 2.34. The van der Waals surface area contributed by atoms with Crippen molar-refractivity contribution in [3.8, 4) is 0 Å². The molecule has 1 unspecified atom stereocenters. The lowest BCUT2D eigenvalue weighted by Gasteiger charge is -2.34. The van der Waals surface area contributed by atoms with Crippen LogP contribution in [0.3, 0.4) is 0 Å². The van der Waals surface area contributed by atoms with Crippen LogP contribution in [0.5, 0.6) is 0 Å². The van der Waals surface area contributed by atoms with Crippen LogP contribution < -0.4 is 5.43 Å². The second-order valence-electron chi connectivity index (χ2n) is 4.04. The molecule has 0 aliphatic heterocycles. The third-order valence-electron chi connectivity index (χ3n) is 2.03. The van der Waals surface area contributed by atoms with E-state index in [0.717, 1.165) is 0 Å². The summed E-state index contributed by atoms with van der Waals surface area (Å²) in [6.07, 6.45) is 1.19. The van der Waals surface area contributed by atoms with Crippen LogP contribution in [0.15, 0.2) is 0 Å². The molecule has 0 saturated carbocycles. The molecule has 0 bridgehead atoms. The van der Waals surface area contributed by atoms with Crippen LogP contribution in [-0.4, -0.2) is 23.1 Å². The van der Waals surface area contributed by atoms with E-state index < -0.39 is 0 Å². The number of hydrazine groups is 1. The minimum absolute atomic E-state index is 0.529. The molecule has 0 spiro atoms. The van der Waals surface area contributed by atoms with Crippen molar-refractivity contribution in [2.24, 2.45) is 0 Å². The summed E-state index contributed by atoms with van der Waals surface area (Å²) < 4.78 is 0. The lowest BCUT2D eigenvalue weighted by Crippen LogP contribution is -2.51. The van der Waals surface area contributed by atoms with Crippen molar-refractivity contribution in [1.82, 2.24) is 10.4 Å². The van der Waals surface area contributed by atoms with Gasteiger partial charge in [-0.15, -0.1) is 0 Å². The molecule has 0 heterocycles. The summed E-state index contributed by atoms with van der Waals surface area (Å²) in [5.41, 5.74) is 3.46. The Kier molecular flexibility index (Phi) is 5.51. The van der Waals surface area contributed by atoms with E-state index in [4.69, 9.17) is 0 Å². The zero-order valence-electron chi connectivity index (χ0n) is 9.39. The summed E-state index contributed by atoms with van der Waals surface area (Å²) >= 11 is 0. The van der Waals surface area contributed by atoms with Gasteiger partial charge in [0, 0.05) is 18.1 Å². The molecule has 0 aromatic carbocycles. The van der Waals surface area contributed by atoms with Gasteiger partial charge in [-0.2, -0.15) is 0 Å². The Hall–Kier alpha value is -0.0800. The number of rotatable bonds is 5. The summed E-state index contributed by atoms with van der Waals surface area (Å²) in [5.74, 6) is 0. The first-order chi connectivity index (χ1) is 5.49. The van der Waals surface area contributed by atoms with Gasteiger partial charge in [-0.25, -0.2) is 5.01 Å². The average Bonchev–Trinajstić information content (AvgIpc) is 1.98. The van der Waals surface area contributed by atoms with Crippen LogP contribution in [0.2, 0.25) is 0 Å². The van der Waals surface area contributed by atoms with Crippen LogP contribution in [0.4, 0.5) is 0 Å². The molecule has 2 nitrogen and oxygen atoms in total. The highest BCUT2D eigenvalue weighted by Crippen LogP contribution is 2.05. The van der Waals surface area contributed by atoms with Gasteiger partial charge in [0.05, 0.1) is 0 Å². The smallest absolute Gasteiger partial charge is 0.0215 e. The fourth-order valence-corrected chi connectivity index (χ4v) is 1.28. The molecule has 2 heteroatoms. The van der Waals surface area contributed by atoms with Crippen molar-refractivity contribution in [3.05, 3.63) is 0 Å². The van der Waals surface area contributed by atoms with E-state index in [1.807, 2.05) is 0 Å². The second kappa shape index (κ2) is 5.55. The lowest BCUT2D eigenvalue weighted by atomic mass is 10.2. The molecule has 0 saturated heterocycles. The lowest BCUT2D eigenvalue weighted by molar-refractivity contribution is 0.0770. The molecule has 0 aromatic heterocycles. The topological polar surface area (TPSA) is 15.3 Å². The van der Waals surface area contributed by atoms with Crippen molar-refractivity contribution in [1.29, 1.82) is 0 Å². The minimum atomic E-state index is 0.529. The standard InChI is InChI=1S/C10H24N2/c1-7-10(6)12(9(4)5)11-8(2)3/h8-11H,7H2,1-6H3. The maximum absolute atomic E-state index is 3.46. The highest BCUT2D eigenvalue weighted by Gasteiger charge is 2.15. The zero-order valence-corrected chi connectivity index (χ0v) is 9.39. The summed E-state index contributed by atoms with van der Waals surface area (Å²) in [6, 6.07) is 1.72. The predicted molar refractivity (Wildman–Crippen MR) is 55.0 cm³/mol. The highest BCUT2D eigenvalue weighted by molar-refractivity contribution is 4.67. The number of nitrogens with zero attached hydrogens (tertiary/aromatic N) is 1. The third kappa shape index (κ3) is 4.07. The first kappa shape index (κ1) is 11.9. The minimum Gasteiger partial charge on any atom is -0.252 e. The van der Waals surface area contributed by atoms with Gasteiger partial charge in [0.1, 0.15) is 0 Å². The van der Waals surface area contributed by atoms with Crippen LogP contribution in [0.25, 0.3) is 0 Å². The van der Waals surface area contributed by atoms with E-state index in [1.54, 1.807) is 0 Å². The van der Waals surface area contributed by atoms with Crippen LogP contribution in [0.1, 0.15) is 48.0 Å². The van der Waals surface area contributed by atoms with Gasteiger partial charge in [0.15, 0.2) is 0 Å². The molecule has 1 N–H and O–H groups in total. The molecule has 1 atom stereocenters. The Labute approximate surface area is 77.3 Å². The molecule has 0 aliphatic carbocycles. The van der Waals surface area contributed by atoms with Crippen LogP contribution >= 0.6 is 0 Å². The van der Waals surface area contributed by atoms with E-state index in [-0.39, 0.29) is 0 Å². The third-order valence-corrected chi connectivity index (χ3v) is 2.03. The Balaban J connectivity index is 4.03. The van der Waals surface area contributed by atoms with Gasteiger partial charge in [-0.3, -0.25) is 5.43 Å². The van der Waals surface area contributed by atoms with Gasteiger partial charge in [0.25, 0.3) is 0 Å². The zero-order chi connectivity index (χ0) is 9.72. The van der Waals surface area contributed by atoms with Gasteiger partial charge >= 0.3 is 0 Å². The summed E-state index contributed by atoms with van der Waals surface area (Å²) in [4.78, 5) is 0. The molecule has 0 aliphatic rings. The quantitative estimate of drug-likeness (QED) is 0.641. The normalized spacial score (nSPS) is 14.8. The van der Waals surface area contributed by atoms with Crippen molar-refractivity contribution in [3.63, 3.8) is 0 Å². The van der Waals surface area contributed by atoms with Crippen molar-refractivity contribution >= 4 is 0 Å². The second-order valence-corrected chi connectivity index (χ2v) is 4.04. The highest BCUT2D eigenvalue weighted by atomic mass is 15.5. The Bertz CT molecular complexity index is 110. The Morgan fingerprint density at radius 3 is 1.83 bits per heavy atom. The monoisotopic (exact) mass is 172 g/mol. The molecule has 12 heavy (non-hydrogen) atoms. The number of hydrogen-bond donors (Lipinski definition) is 1. The van der Waals surface area contributed by atoms with Gasteiger partial charge in [-0.1, -0.05) is 6.92 Å². The number of hydrogen-bond acceptors (Lipinski definition) is 2. The van der Waals surface area contributed by atoms with E-state index in [0.29, 0.717) is 18.1 Å². The van der Waals surface area contributed by atoms with Crippen LogP contribution in [-0.2, 0) is 0 Å². The largest absolute Gasteiger partial charge is 0.252 e. The maximum atomic E-state index is 3.46. The molecule has 0 rings (SSSR count). The molecule has 0 amide bonds. The number of nitrogens with one attached hydrogen (secondary N) is 1. The molecule has 0 aromatic rings. The van der Waals surface area contributed by atoms with Gasteiger partial charge in [0.2, 0.25) is 0 Å². The van der Waals surface area contributed by atoms with Crippen molar-refractivity contribution < 1.29 is 0 Å². The van der Waals surface area contributed by atoms with E-state index >= 15 is 0 Å². The SMILES string of the molecule is CCC(C)N(NC(C)C)C(C)C. The summed E-state index contributed by atoms with van der Waals surface area (Å²) in [6.45, 7) is 13.3. The summed E-state index contributed by atoms with van der Waals surface area (Å²) in [7, 11) is 0. The fraction of sp³-hybridized carbons (Fsp3) is 1.00. The van der Waals surface area contributed by atoms with E-state index in [9.17, 15) is 0 Å². The van der Waals surface area contributed by atoms with Crippen LogP contribution in [0, 0.1) is 0 Å². The molecule has 0 radical (unpaired) electrons. The van der Waals surface area contributed by atoms with Crippen molar-refractivity contribution in [2.45, 2.75) is 66.1 Å². The molecular formula is C10H24N2. The molecule has 74 valence electrons. The first-order valence-corrected chi connectivity index (χ1v) is 5.03. The van der Waals surface area contributed by atoms with E-state index in [1.165, 1.54) is 6.42 Å². The molecular weight excluding hydrogens is 148 g/mol. The average molecular weight is 172 g/mol.